The number of hydrogen-bond acceptors (Lipinski definition) is 7. The molecule has 0 bridgehead atoms. The van der Waals surface area contributed by atoms with Crippen LogP contribution in [0.4, 0.5) is 0 Å². The van der Waals surface area contributed by atoms with E-state index in [0.717, 1.165) is 22.0 Å². The van der Waals surface area contributed by atoms with E-state index in [4.69, 9.17) is 4.74 Å². The van der Waals surface area contributed by atoms with Gasteiger partial charge in [-0.25, -0.2) is 9.78 Å². The maximum Gasteiger partial charge on any atom is 0.361 e. The van der Waals surface area contributed by atoms with Gasteiger partial charge in [0.1, 0.15) is 11.6 Å². The van der Waals surface area contributed by atoms with Crippen LogP contribution in [0.2, 0.25) is 0 Å². The molecule has 0 fully saturated rings. The van der Waals surface area contributed by atoms with Crippen LogP contribution in [-0.2, 0) is 11.3 Å². The van der Waals surface area contributed by atoms with Crippen LogP contribution in [0.25, 0.3) is 16.3 Å². The Morgan fingerprint density at radius 3 is 2.77 bits per heavy atom. The van der Waals surface area contributed by atoms with Crippen molar-refractivity contribution in [3.8, 4) is 16.3 Å². The van der Waals surface area contributed by atoms with Gasteiger partial charge in [0.05, 0.1) is 17.1 Å². The third-order valence-electron chi connectivity index (χ3n) is 3.63. The van der Waals surface area contributed by atoms with E-state index >= 15 is 0 Å². The summed E-state index contributed by atoms with van der Waals surface area (Å²) in [5.41, 5.74) is 3.32. The first kappa shape index (κ1) is 16.6. The zero-order chi connectivity index (χ0) is 17.9. The molecule has 6 nitrogen and oxygen atoms in total. The Morgan fingerprint density at radius 2 is 2.00 bits per heavy atom. The van der Waals surface area contributed by atoms with Crippen LogP contribution in [0.15, 0.2) is 52.5 Å². The summed E-state index contributed by atoms with van der Waals surface area (Å²) in [7, 11) is 0. The molecule has 0 saturated carbocycles. The second kappa shape index (κ2) is 7.19. The predicted octanol–water partition coefficient (Wildman–Crippen LogP) is 4.12. The van der Waals surface area contributed by atoms with Crippen molar-refractivity contribution in [2.45, 2.75) is 13.5 Å². The molecule has 0 spiro atoms. The van der Waals surface area contributed by atoms with Gasteiger partial charge in [-0.2, -0.15) is 21.2 Å². The first-order chi connectivity index (χ1) is 12.7. The Labute approximate surface area is 157 Å². The van der Waals surface area contributed by atoms with Crippen molar-refractivity contribution in [3.63, 3.8) is 0 Å². The molecule has 0 saturated heterocycles. The highest BCUT2D eigenvalue weighted by Gasteiger charge is 2.18. The monoisotopic (exact) mass is 382 g/mol. The number of hydrogen-bond donors (Lipinski definition) is 0. The molecule has 130 valence electrons. The molecule has 4 rings (SSSR count). The highest BCUT2D eigenvalue weighted by molar-refractivity contribution is 7.14. The predicted molar refractivity (Wildman–Crippen MR) is 101 cm³/mol. The van der Waals surface area contributed by atoms with E-state index < -0.39 is 5.97 Å². The average Bonchev–Trinajstić information content (AvgIpc) is 3.40. The van der Waals surface area contributed by atoms with Crippen LogP contribution in [0.5, 0.6) is 0 Å². The summed E-state index contributed by atoms with van der Waals surface area (Å²) in [6, 6.07) is 11.4. The first-order valence-corrected chi connectivity index (χ1v) is 9.66. The number of ether oxygens (including phenoxy) is 1. The number of aromatic nitrogens is 4. The highest BCUT2D eigenvalue weighted by atomic mass is 32.1. The van der Waals surface area contributed by atoms with E-state index in [1.54, 1.807) is 18.3 Å². The lowest BCUT2D eigenvalue weighted by molar-refractivity contribution is 0.0460. The van der Waals surface area contributed by atoms with Gasteiger partial charge in [-0.3, -0.25) is 0 Å². The van der Waals surface area contributed by atoms with E-state index in [-0.39, 0.29) is 12.3 Å². The minimum Gasteiger partial charge on any atom is -0.454 e. The molecular formula is C18H14N4O2S2. The topological polar surface area (TPSA) is 69.9 Å². The molecule has 3 aromatic heterocycles. The molecular weight excluding hydrogens is 368 g/mol. The normalized spacial score (nSPS) is 10.8. The molecule has 0 N–H and O–H groups in total. The lowest BCUT2D eigenvalue weighted by atomic mass is 10.3. The number of thiazole rings is 1. The van der Waals surface area contributed by atoms with Crippen molar-refractivity contribution in [1.82, 2.24) is 20.0 Å². The van der Waals surface area contributed by atoms with Gasteiger partial charge < -0.3 is 4.74 Å². The van der Waals surface area contributed by atoms with Crippen LogP contribution in [0.3, 0.4) is 0 Å². The summed E-state index contributed by atoms with van der Waals surface area (Å²) in [6.45, 7) is 1.84. The fourth-order valence-electron chi connectivity index (χ4n) is 2.34. The zero-order valence-corrected chi connectivity index (χ0v) is 15.5. The van der Waals surface area contributed by atoms with E-state index in [9.17, 15) is 4.79 Å². The van der Waals surface area contributed by atoms with Crippen LogP contribution in [0, 0.1) is 6.92 Å². The number of carbonyl (C=O) groups is 1. The van der Waals surface area contributed by atoms with Gasteiger partial charge in [0.15, 0.2) is 5.69 Å². The molecule has 8 heteroatoms. The second-order valence-electron chi connectivity index (χ2n) is 5.49. The van der Waals surface area contributed by atoms with Crippen molar-refractivity contribution >= 4 is 28.6 Å². The van der Waals surface area contributed by atoms with E-state index in [1.165, 1.54) is 16.1 Å². The van der Waals surface area contributed by atoms with Crippen LogP contribution >= 0.6 is 22.7 Å². The number of thiophene rings is 1. The number of carbonyl (C=O) groups excluding carboxylic acids is 1. The van der Waals surface area contributed by atoms with Gasteiger partial charge >= 0.3 is 5.97 Å². The van der Waals surface area contributed by atoms with Crippen molar-refractivity contribution in [2.24, 2.45) is 0 Å². The van der Waals surface area contributed by atoms with Gasteiger partial charge in [-0.15, -0.1) is 16.4 Å². The molecule has 0 aliphatic rings. The molecule has 0 radical (unpaired) electrons. The molecule has 0 unspecified atom stereocenters. The summed E-state index contributed by atoms with van der Waals surface area (Å²) in [5.74, 6) is -0.505. The number of benzene rings is 1. The quantitative estimate of drug-likeness (QED) is 0.486. The van der Waals surface area contributed by atoms with Crippen molar-refractivity contribution < 1.29 is 9.53 Å². The zero-order valence-electron chi connectivity index (χ0n) is 13.8. The van der Waals surface area contributed by atoms with Gasteiger partial charge in [0.2, 0.25) is 0 Å². The van der Waals surface area contributed by atoms with E-state index in [0.29, 0.717) is 5.69 Å². The number of rotatable bonds is 5. The van der Waals surface area contributed by atoms with Crippen LogP contribution < -0.4 is 0 Å². The molecule has 0 aliphatic heterocycles. The second-order valence-corrected chi connectivity index (χ2v) is 7.13. The van der Waals surface area contributed by atoms with Gasteiger partial charge in [-0.05, 0) is 30.5 Å². The maximum atomic E-state index is 12.4. The summed E-state index contributed by atoms with van der Waals surface area (Å²) in [5, 5.41) is 15.4. The number of esters is 1. The molecule has 1 aromatic carbocycles. The minimum atomic E-state index is -0.505. The Balaban J connectivity index is 1.45. The van der Waals surface area contributed by atoms with Crippen LogP contribution in [-0.4, -0.2) is 25.9 Å². The summed E-state index contributed by atoms with van der Waals surface area (Å²) >= 11 is 3.16. The molecule has 3 heterocycles. The molecule has 26 heavy (non-hydrogen) atoms. The Kier molecular flexibility index (Phi) is 4.59. The Hall–Kier alpha value is -2.84. The van der Waals surface area contributed by atoms with Crippen molar-refractivity contribution in [2.75, 3.05) is 0 Å². The van der Waals surface area contributed by atoms with Crippen molar-refractivity contribution in [3.05, 3.63) is 69.6 Å². The summed E-state index contributed by atoms with van der Waals surface area (Å²) in [4.78, 5) is 18.3. The number of para-hydroxylation sites is 1. The van der Waals surface area contributed by atoms with Crippen molar-refractivity contribution in [1.29, 1.82) is 0 Å². The standard InChI is InChI=1S/C18H14N4O2S2/c1-12-16(21-22(20-12)15-5-3-2-4-6-15)18(23)24-9-14-11-26-17(19-14)13-7-8-25-10-13/h2-8,10-11H,9H2,1H3. The smallest absolute Gasteiger partial charge is 0.361 e. The highest BCUT2D eigenvalue weighted by Crippen LogP contribution is 2.26. The Bertz CT molecular complexity index is 1020. The first-order valence-electron chi connectivity index (χ1n) is 7.84. The SMILES string of the molecule is Cc1nn(-c2ccccc2)nc1C(=O)OCc1csc(-c2ccsc2)n1. The molecule has 0 atom stereocenters. The summed E-state index contributed by atoms with van der Waals surface area (Å²) < 4.78 is 5.37. The fraction of sp³-hybridized carbons (Fsp3) is 0.111. The third kappa shape index (κ3) is 3.42. The van der Waals surface area contributed by atoms with E-state index in [2.05, 4.69) is 15.2 Å². The number of nitrogens with zero attached hydrogens (tertiary/aromatic N) is 4. The van der Waals surface area contributed by atoms with Gasteiger partial charge in [0, 0.05) is 16.3 Å². The third-order valence-corrected chi connectivity index (χ3v) is 5.26. The largest absolute Gasteiger partial charge is 0.454 e. The van der Waals surface area contributed by atoms with Crippen LogP contribution in [0.1, 0.15) is 21.9 Å². The fourth-order valence-corrected chi connectivity index (χ4v) is 3.86. The molecule has 4 aromatic rings. The minimum absolute atomic E-state index is 0.108. The maximum absolute atomic E-state index is 12.4. The van der Waals surface area contributed by atoms with Gasteiger partial charge in [-0.1, -0.05) is 18.2 Å². The molecule has 0 aliphatic carbocycles. The van der Waals surface area contributed by atoms with E-state index in [1.807, 2.05) is 52.5 Å². The molecule has 0 amide bonds. The van der Waals surface area contributed by atoms with Gasteiger partial charge in [0.25, 0.3) is 0 Å². The average molecular weight is 382 g/mol. The lowest BCUT2D eigenvalue weighted by Crippen LogP contribution is -2.08. The lowest BCUT2D eigenvalue weighted by Gasteiger charge is -2.00. The summed E-state index contributed by atoms with van der Waals surface area (Å²) in [6.07, 6.45) is 0. The number of aryl methyl sites for hydroxylation is 1. The Morgan fingerprint density at radius 1 is 1.15 bits per heavy atom.